The Labute approximate surface area is 174 Å². The zero-order valence-electron chi connectivity index (χ0n) is 15.1. The molecule has 1 aromatic rings. The summed E-state index contributed by atoms with van der Waals surface area (Å²) in [6.45, 7) is -2.27. The first kappa shape index (κ1) is 23.7. The van der Waals surface area contributed by atoms with E-state index >= 15 is 0 Å². The number of aliphatic imine (C=N–C) groups is 1. The maximum absolute atomic E-state index is 12.5. The van der Waals surface area contributed by atoms with Gasteiger partial charge in [-0.25, -0.2) is 8.42 Å². The SMILES string of the molecule is CN=C(NCc1cc(OC)ccc1OC(F)F)NCC1CCS(=O)(=O)C1.I. The lowest BCUT2D eigenvalue weighted by atomic mass is 10.1. The number of methoxy groups -OCH3 is 1. The van der Waals surface area contributed by atoms with Crippen LogP contribution in [0.4, 0.5) is 8.78 Å². The van der Waals surface area contributed by atoms with E-state index in [1.807, 2.05) is 0 Å². The van der Waals surface area contributed by atoms with Crippen molar-refractivity contribution in [2.24, 2.45) is 10.9 Å². The van der Waals surface area contributed by atoms with E-state index < -0.39 is 16.4 Å². The van der Waals surface area contributed by atoms with E-state index in [1.165, 1.54) is 19.2 Å². The minimum absolute atomic E-state index is 0. The van der Waals surface area contributed by atoms with Crippen LogP contribution in [0, 0.1) is 5.92 Å². The number of benzene rings is 1. The molecule has 1 aliphatic heterocycles. The van der Waals surface area contributed by atoms with Gasteiger partial charge in [-0.1, -0.05) is 0 Å². The third-order valence-corrected chi connectivity index (χ3v) is 5.88. The van der Waals surface area contributed by atoms with Crippen molar-refractivity contribution < 1.29 is 26.7 Å². The van der Waals surface area contributed by atoms with Gasteiger partial charge in [0.25, 0.3) is 0 Å². The normalized spacial score (nSPS) is 18.7. The summed E-state index contributed by atoms with van der Waals surface area (Å²) >= 11 is 0. The topological polar surface area (TPSA) is 89.0 Å². The molecular weight excluding hydrogens is 495 g/mol. The number of rotatable bonds is 7. The molecule has 7 nitrogen and oxygen atoms in total. The zero-order chi connectivity index (χ0) is 19.2. The van der Waals surface area contributed by atoms with E-state index in [-0.39, 0.29) is 53.7 Å². The number of hydrogen-bond acceptors (Lipinski definition) is 5. The molecule has 0 spiro atoms. The van der Waals surface area contributed by atoms with Crippen molar-refractivity contribution in [3.8, 4) is 11.5 Å². The van der Waals surface area contributed by atoms with E-state index in [0.29, 0.717) is 30.2 Å². The third-order valence-electron chi connectivity index (χ3n) is 4.04. The molecule has 1 heterocycles. The second-order valence-corrected chi connectivity index (χ2v) is 8.16. The molecule has 1 fully saturated rings. The fraction of sp³-hybridized carbons (Fsp3) is 0.562. The number of alkyl halides is 2. The van der Waals surface area contributed by atoms with Crippen molar-refractivity contribution in [1.29, 1.82) is 0 Å². The second kappa shape index (κ2) is 10.8. The number of hydrogen-bond donors (Lipinski definition) is 2. The minimum atomic E-state index is -2.93. The number of nitrogens with zero attached hydrogens (tertiary/aromatic N) is 1. The molecule has 11 heteroatoms. The van der Waals surface area contributed by atoms with Gasteiger partial charge in [-0.2, -0.15) is 8.78 Å². The Bertz CT molecular complexity index is 747. The van der Waals surface area contributed by atoms with Crippen LogP contribution in [0.3, 0.4) is 0 Å². The van der Waals surface area contributed by atoms with Gasteiger partial charge in [0, 0.05) is 25.7 Å². The molecule has 1 aromatic carbocycles. The molecule has 1 unspecified atom stereocenters. The summed E-state index contributed by atoms with van der Waals surface area (Å²) in [6.07, 6.45) is 0.620. The molecule has 0 aliphatic carbocycles. The maximum atomic E-state index is 12.5. The fourth-order valence-electron chi connectivity index (χ4n) is 2.71. The first-order chi connectivity index (χ1) is 12.3. The quantitative estimate of drug-likeness (QED) is 0.326. The van der Waals surface area contributed by atoms with Crippen LogP contribution in [0.15, 0.2) is 23.2 Å². The lowest BCUT2D eigenvalue weighted by Crippen LogP contribution is -2.39. The Kier molecular flexibility index (Phi) is 9.50. The van der Waals surface area contributed by atoms with Crippen molar-refractivity contribution in [2.75, 3.05) is 32.2 Å². The summed E-state index contributed by atoms with van der Waals surface area (Å²) < 4.78 is 57.7. The van der Waals surface area contributed by atoms with Gasteiger partial charge in [-0.3, -0.25) is 4.99 Å². The summed E-state index contributed by atoms with van der Waals surface area (Å²) in [5.74, 6) is 1.42. The van der Waals surface area contributed by atoms with Crippen LogP contribution < -0.4 is 20.1 Å². The first-order valence-corrected chi connectivity index (χ1v) is 9.91. The van der Waals surface area contributed by atoms with Gasteiger partial charge < -0.3 is 20.1 Å². The Morgan fingerprint density at radius 1 is 1.37 bits per heavy atom. The van der Waals surface area contributed by atoms with Crippen LogP contribution >= 0.6 is 24.0 Å². The van der Waals surface area contributed by atoms with Gasteiger partial charge in [-0.05, 0) is 30.5 Å². The molecule has 27 heavy (non-hydrogen) atoms. The highest BCUT2D eigenvalue weighted by Crippen LogP contribution is 2.25. The molecule has 1 aliphatic rings. The van der Waals surface area contributed by atoms with Crippen molar-refractivity contribution in [1.82, 2.24) is 10.6 Å². The standard InChI is InChI=1S/C16H23F2N3O4S.HI/c1-19-16(20-8-11-5-6-26(22,23)10-11)21-9-12-7-13(24-2)3-4-14(12)25-15(17)18;/h3-4,7,11,15H,5-6,8-10H2,1-2H3,(H2,19,20,21);1H. The van der Waals surface area contributed by atoms with E-state index in [1.54, 1.807) is 13.1 Å². The maximum Gasteiger partial charge on any atom is 0.387 e. The van der Waals surface area contributed by atoms with E-state index in [2.05, 4.69) is 20.4 Å². The predicted octanol–water partition coefficient (Wildman–Crippen LogP) is 2.01. The van der Waals surface area contributed by atoms with E-state index in [9.17, 15) is 17.2 Å². The molecule has 0 aromatic heterocycles. The van der Waals surface area contributed by atoms with Gasteiger partial charge in [0.15, 0.2) is 15.8 Å². The highest BCUT2D eigenvalue weighted by Gasteiger charge is 2.27. The highest BCUT2D eigenvalue weighted by molar-refractivity contribution is 14.0. The summed E-state index contributed by atoms with van der Waals surface area (Å²) in [6, 6.07) is 4.55. The van der Waals surface area contributed by atoms with Gasteiger partial charge >= 0.3 is 6.61 Å². The summed E-state index contributed by atoms with van der Waals surface area (Å²) in [5, 5.41) is 6.07. The second-order valence-electron chi connectivity index (χ2n) is 5.93. The molecule has 154 valence electrons. The lowest BCUT2D eigenvalue weighted by Gasteiger charge is -2.16. The molecule has 0 bridgehead atoms. The molecule has 1 atom stereocenters. The van der Waals surface area contributed by atoms with Gasteiger partial charge in [0.05, 0.1) is 18.6 Å². The Balaban J connectivity index is 0.00000364. The van der Waals surface area contributed by atoms with Crippen molar-refractivity contribution in [2.45, 2.75) is 19.6 Å². The van der Waals surface area contributed by atoms with Gasteiger partial charge in [-0.15, -0.1) is 24.0 Å². The first-order valence-electron chi connectivity index (χ1n) is 8.09. The van der Waals surface area contributed by atoms with Gasteiger partial charge in [0.1, 0.15) is 11.5 Å². The molecule has 0 amide bonds. The van der Waals surface area contributed by atoms with Crippen LogP contribution in [0.1, 0.15) is 12.0 Å². The van der Waals surface area contributed by atoms with E-state index in [0.717, 1.165) is 0 Å². The summed E-state index contributed by atoms with van der Waals surface area (Å²) in [7, 11) is 0.123. The molecule has 0 saturated carbocycles. The van der Waals surface area contributed by atoms with Crippen LogP contribution in [0.25, 0.3) is 0 Å². The van der Waals surface area contributed by atoms with Crippen molar-refractivity contribution in [3.05, 3.63) is 23.8 Å². The van der Waals surface area contributed by atoms with Crippen LogP contribution in [0.2, 0.25) is 0 Å². The number of halogens is 3. The average Bonchev–Trinajstić information content (AvgIpc) is 2.94. The molecule has 2 rings (SSSR count). The molecule has 1 saturated heterocycles. The third kappa shape index (κ3) is 7.64. The average molecular weight is 519 g/mol. The Hall–Kier alpha value is -1.37. The smallest absolute Gasteiger partial charge is 0.387 e. The van der Waals surface area contributed by atoms with Crippen molar-refractivity contribution >= 4 is 39.8 Å². The van der Waals surface area contributed by atoms with Crippen molar-refractivity contribution in [3.63, 3.8) is 0 Å². The van der Waals surface area contributed by atoms with E-state index in [4.69, 9.17) is 4.74 Å². The molecular formula is C16H24F2IN3O4S. The summed E-state index contributed by atoms with van der Waals surface area (Å²) in [4.78, 5) is 4.06. The monoisotopic (exact) mass is 519 g/mol. The Morgan fingerprint density at radius 3 is 2.67 bits per heavy atom. The number of sulfone groups is 1. The van der Waals surface area contributed by atoms with Crippen LogP contribution in [-0.4, -0.2) is 53.2 Å². The number of ether oxygens (including phenoxy) is 2. The largest absolute Gasteiger partial charge is 0.497 e. The lowest BCUT2D eigenvalue weighted by molar-refractivity contribution is -0.0505. The molecule has 2 N–H and O–H groups in total. The Morgan fingerprint density at radius 2 is 2.11 bits per heavy atom. The van der Waals surface area contributed by atoms with Gasteiger partial charge in [0.2, 0.25) is 0 Å². The highest BCUT2D eigenvalue weighted by atomic mass is 127. The number of guanidine groups is 1. The predicted molar refractivity (Wildman–Crippen MR) is 110 cm³/mol. The molecule has 0 radical (unpaired) electrons. The fourth-order valence-corrected chi connectivity index (χ4v) is 4.57. The van der Waals surface area contributed by atoms with Crippen LogP contribution in [-0.2, 0) is 16.4 Å². The number of nitrogens with one attached hydrogen (secondary N) is 2. The minimum Gasteiger partial charge on any atom is -0.497 e. The van der Waals surface area contributed by atoms with Crippen LogP contribution in [0.5, 0.6) is 11.5 Å². The summed E-state index contributed by atoms with van der Waals surface area (Å²) in [5.41, 5.74) is 0.482. The zero-order valence-corrected chi connectivity index (χ0v) is 18.2.